The Kier molecular flexibility index (Phi) is 6.62. The lowest BCUT2D eigenvalue weighted by molar-refractivity contribution is -0.162. The molecule has 0 aliphatic heterocycles. The van der Waals surface area contributed by atoms with Gasteiger partial charge >= 0.3 is 5.97 Å². The molecule has 0 heterocycles. The van der Waals surface area contributed by atoms with Gasteiger partial charge in [0.25, 0.3) is 0 Å². The summed E-state index contributed by atoms with van der Waals surface area (Å²) >= 11 is 0. The third-order valence-electron chi connectivity index (χ3n) is 7.09. The minimum absolute atomic E-state index is 0.0182. The van der Waals surface area contributed by atoms with E-state index in [-0.39, 0.29) is 35.9 Å². The first-order valence-corrected chi connectivity index (χ1v) is 10.6. The number of aliphatic carboxylic acids is 1. The van der Waals surface area contributed by atoms with Gasteiger partial charge in [-0.25, -0.2) is 0 Å². The number of aliphatic hydroxyl groups is 1. The zero-order valence-electron chi connectivity index (χ0n) is 16.9. The van der Waals surface area contributed by atoms with Crippen molar-refractivity contribution in [1.29, 1.82) is 0 Å². The molecule has 0 aromatic rings. The zero-order chi connectivity index (χ0) is 20.3. The molecular weight excluding hydrogens is 356 g/mol. The number of methoxy groups -OCH3 is 1. The highest BCUT2D eigenvalue weighted by Gasteiger charge is 2.62. The fourth-order valence-corrected chi connectivity index (χ4v) is 5.65. The van der Waals surface area contributed by atoms with Crippen molar-refractivity contribution in [3.8, 4) is 11.8 Å². The van der Waals surface area contributed by atoms with Gasteiger partial charge in [-0.2, -0.15) is 0 Å². The molecule has 3 rings (SSSR count). The van der Waals surface area contributed by atoms with Crippen LogP contribution < -0.4 is 0 Å². The topological polar surface area (TPSA) is 83.8 Å². The summed E-state index contributed by atoms with van der Waals surface area (Å²) in [6, 6.07) is 0. The highest BCUT2D eigenvalue weighted by molar-refractivity contribution is 5.97. The maximum Gasteiger partial charge on any atom is 0.303 e. The minimum Gasteiger partial charge on any atom is -0.481 e. The molecule has 0 aromatic carbocycles. The number of ether oxygens (including phenoxy) is 1. The van der Waals surface area contributed by atoms with Gasteiger partial charge in [0.15, 0.2) is 0 Å². The number of carbonyl (C=O) groups excluding carboxylic acids is 1. The first-order chi connectivity index (χ1) is 13.4. The number of Topliss-reactive ketones (excluding diaryl/α,β-unsaturated/α-hetero) is 1. The van der Waals surface area contributed by atoms with Gasteiger partial charge in [-0.15, -0.1) is 0 Å². The van der Waals surface area contributed by atoms with E-state index >= 15 is 0 Å². The summed E-state index contributed by atoms with van der Waals surface area (Å²) in [4.78, 5) is 23.3. The number of carboxylic acids is 1. The predicted octanol–water partition coefficient (Wildman–Crippen LogP) is 3.35. The summed E-state index contributed by atoms with van der Waals surface area (Å²) < 4.78 is 5.94. The molecule has 0 radical (unpaired) electrons. The van der Waals surface area contributed by atoms with Crippen molar-refractivity contribution in [1.82, 2.24) is 0 Å². The molecule has 0 amide bonds. The van der Waals surface area contributed by atoms with Crippen LogP contribution in [0.2, 0.25) is 0 Å². The van der Waals surface area contributed by atoms with Crippen LogP contribution in [0, 0.1) is 35.5 Å². The molecule has 3 saturated carbocycles. The van der Waals surface area contributed by atoms with Crippen LogP contribution >= 0.6 is 0 Å². The average molecular weight is 389 g/mol. The van der Waals surface area contributed by atoms with Crippen molar-refractivity contribution in [2.75, 3.05) is 7.11 Å². The SMILES string of the molecule is COC12CCC(O)C(C#CC(=O)C3CCCCC3)C1C(C)C2=CCCC(=O)O. The Morgan fingerprint density at radius 2 is 1.96 bits per heavy atom. The van der Waals surface area contributed by atoms with Crippen LogP contribution in [0.15, 0.2) is 11.6 Å². The summed E-state index contributed by atoms with van der Waals surface area (Å²) in [5, 5.41) is 19.5. The van der Waals surface area contributed by atoms with Crippen LogP contribution in [0.3, 0.4) is 0 Å². The van der Waals surface area contributed by atoms with Gasteiger partial charge in [-0.1, -0.05) is 38.2 Å². The number of carbonyl (C=O) groups is 2. The first-order valence-electron chi connectivity index (χ1n) is 10.6. The normalized spacial score (nSPS) is 36.8. The highest BCUT2D eigenvalue weighted by atomic mass is 16.5. The van der Waals surface area contributed by atoms with E-state index in [1.807, 2.05) is 6.08 Å². The predicted molar refractivity (Wildman–Crippen MR) is 105 cm³/mol. The molecular formula is C23H32O5. The number of rotatable bonds is 5. The molecule has 0 aromatic heterocycles. The summed E-state index contributed by atoms with van der Waals surface area (Å²) in [6.07, 6.45) is 8.55. The molecule has 3 aliphatic carbocycles. The standard InChI is InChI=1S/C23H32O5/c1-15-18(9-6-10-21(26)27)23(28-2)14-13-20(25)17(22(15)23)11-12-19(24)16-7-4-3-5-8-16/h9,15-17,20,22,25H,3-8,10,13-14H2,1-2H3,(H,26,27). The molecule has 28 heavy (non-hydrogen) atoms. The van der Waals surface area contributed by atoms with Crippen molar-refractivity contribution in [3.63, 3.8) is 0 Å². The van der Waals surface area contributed by atoms with E-state index in [1.54, 1.807) is 7.11 Å². The van der Waals surface area contributed by atoms with E-state index in [9.17, 15) is 14.7 Å². The lowest BCUT2D eigenvalue weighted by Gasteiger charge is -2.61. The molecule has 2 N–H and O–H groups in total. The van der Waals surface area contributed by atoms with Crippen LogP contribution in [-0.4, -0.2) is 40.8 Å². The van der Waals surface area contributed by atoms with Gasteiger partial charge in [-0.3, -0.25) is 9.59 Å². The number of aliphatic hydroxyl groups excluding tert-OH is 1. The monoisotopic (exact) mass is 388 g/mol. The Hall–Kier alpha value is -1.64. The Morgan fingerprint density at radius 1 is 1.25 bits per heavy atom. The third kappa shape index (κ3) is 3.90. The smallest absolute Gasteiger partial charge is 0.303 e. The van der Waals surface area contributed by atoms with Crippen molar-refractivity contribution in [2.45, 2.75) is 76.4 Å². The summed E-state index contributed by atoms with van der Waals surface area (Å²) in [6.45, 7) is 2.09. The fraction of sp³-hybridized carbons (Fsp3) is 0.739. The van der Waals surface area contributed by atoms with E-state index < -0.39 is 17.7 Å². The average Bonchev–Trinajstić information content (AvgIpc) is 2.70. The number of carboxylic acid groups (broad SMARTS) is 1. The van der Waals surface area contributed by atoms with E-state index in [0.29, 0.717) is 19.3 Å². The Balaban J connectivity index is 1.77. The van der Waals surface area contributed by atoms with Crippen molar-refractivity contribution < 1.29 is 24.5 Å². The number of hydrogen-bond donors (Lipinski definition) is 2. The summed E-state index contributed by atoms with van der Waals surface area (Å²) in [7, 11) is 1.68. The number of allylic oxidation sites excluding steroid dienone is 1. The molecule has 5 atom stereocenters. The van der Waals surface area contributed by atoms with E-state index in [2.05, 4.69) is 18.8 Å². The number of hydrogen-bond acceptors (Lipinski definition) is 4. The summed E-state index contributed by atoms with van der Waals surface area (Å²) in [5.74, 6) is 5.17. The fourth-order valence-electron chi connectivity index (χ4n) is 5.65. The second-order valence-electron chi connectivity index (χ2n) is 8.60. The molecule has 0 saturated heterocycles. The Labute approximate surface area is 167 Å². The number of fused-ring (bicyclic) bond motifs is 1. The summed E-state index contributed by atoms with van der Waals surface area (Å²) in [5.41, 5.74) is 0.642. The van der Waals surface area contributed by atoms with E-state index in [0.717, 1.165) is 31.3 Å². The van der Waals surface area contributed by atoms with Gasteiger partial charge in [0.2, 0.25) is 5.78 Å². The largest absolute Gasteiger partial charge is 0.481 e. The number of ketones is 1. The van der Waals surface area contributed by atoms with Crippen molar-refractivity contribution >= 4 is 11.8 Å². The van der Waals surface area contributed by atoms with Gasteiger partial charge < -0.3 is 14.9 Å². The molecule has 5 heteroatoms. The van der Waals surface area contributed by atoms with Gasteiger partial charge in [0.1, 0.15) is 0 Å². The lowest BCUT2D eigenvalue weighted by Crippen LogP contribution is -2.64. The molecule has 5 unspecified atom stereocenters. The van der Waals surface area contributed by atoms with Gasteiger partial charge in [0, 0.05) is 25.4 Å². The van der Waals surface area contributed by atoms with Crippen LogP contribution in [0.25, 0.3) is 0 Å². The van der Waals surface area contributed by atoms with Gasteiger partial charge in [-0.05, 0) is 49.5 Å². The maximum atomic E-state index is 12.5. The zero-order valence-corrected chi connectivity index (χ0v) is 16.9. The highest BCUT2D eigenvalue weighted by Crippen LogP contribution is 2.60. The molecule has 3 fully saturated rings. The third-order valence-corrected chi connectivity index (χ3v) is 7.09. The van der Waals surface area contributed by atoms with Crippen molar-refractivity contribution in [2.24, 2.45) is 23.7 Å². The minimum atomic E-state index is -0.809. The van der Waals surface area contributed by atoms with Gasteiger partial charge in [0.05, 0.1) is 17.6 Å². The molecule has 0 bridgehead atoms. The van der Waals surface area contributed by atoms with E-state index in [1.165, 1.54) is 6.42 Å². The van der Waals surface area contributed by atoms with Crippen molar-refractivity contribution in [3.05, 3.63) is 11.6 Å². The second-order valence-corrected chi connectivity index (χ2v) is 8.60. The second kappa shape index (κ2) is 8.80. The van der Waals surface area contributed by atoms with Crippen LogP contribution in [0.4, 0.5) is 0 Å². The molecule has 5 nitrogen and oxygen atoms in total. The molecule has 0 spiro atoms. The Morgan fingerprint density at radius 3 is 2.61 bits per heavy atom. The Bertz CT molecular complexity index is 694. The quantitative estimate of drug-likeness (QED) is 0.429. The first kappa shape index (κ1) is 21.1. The maximum absolute atomic E-state index is 12.5. The molecule has 154 valence electrons. The lowest BCUT2D eigenvalue weighted by atomic mass is 9.48. The van der Waals surface area contributed by atoms with Crippen LogP contribution in [-0.2, 0) is 14.3 Å². The molecule has 3 aliphatic rings. The van der Waals surface area contributed by atoms with Crippen LogP contribution in [0.5, 0.6) is 0 Å². The van der Waals surface area contributed by atoms with E-state index in [4.69, 9.17) is 9.84 Å². The van der Waals surface area contributed by atoms with Crippen LogP contribution in [0.1, 0.15) is 64.7 Å².